The molecule has 28 heavy (non-hydrogen) atoms. The summed E-state index contributed by atoms with van der Waals surface area (Å²) in [6.07, 6.45) is 0.111. The first-order valence-corrected chi connectivity index (χ1v) is 9.39. The SMILES string of the molecule is Cc1ccccc1C(=O)NCCC(=O)Nc1ccccc1C(=O)NCC(C)C. The molecule has 2 rings (SSSR count). The lowest BCUT2D eigenvalue weighted by Gasteiger charge is -2.13. The number of benzene rings is 2. The molecule has 0 atom stereocenters. The van der Waals surface area contributed by atoms with Crippen LogP contribution < -0.4 is 16.0 Å². The van der Waals surface area contributed by atoms with Crippen LogP contribution in [0, 0.1) is 12.8 Å². The number of amides is 3. The van der Waals surface area contributed by atoms with Gasteiger partial charge in [-0.25, -0.2) is 0 Å². The van der Waals surface area contributed by atoms with E-state index in [-0.39, 0.29) is 30.7 Å². The van der Waals surface area contributed by atoms with E-state index in [0.717, 1.165) is 5.56 Å². The summed E-state index contributed by atoms with van der Waals surface area (Å²) in [5.41, 5.74) is 2.35. The first-order chi connectivity index (χ1) is 13.4. The lowest BCUT2D eigenvalue weighted by molar-refractivity contribution is -0.116. The normalized spacial score (nSPS) is 10.4. The van der Waals surface area contributed by atoms with Crippen molar-refractivity contribution in [3.05, 3.63) is 65.2 Å². The second-order valence-electron chi connectivity index (χ2n) is 7.02. The molecule has 0 saturated carbocycles. The van der Waals surface area contributed by atoms with E-state index in [1.54, 1.807) is 36.4 Å². The summed E-state index contributed by atoms with van der Waals surface area (Å²) in [6, 6.07) is 14.2. The van der Waals surface area contributed by atoms with E-state index < -0.39 is 0 Å². The molecule has 0 aliphatic heterocycles. The van der Waals surface area contributed by atoms with Gasteiger partial charge in [0.05, 0.1) is 11.3 Å². The van der Waals surface area contributed by atoms with Crippen LogP contribution in [0.4, 0.5) is 5.69 Å². The monoisotopic (exact) mass is 381 g/mol. The number of hydrogen-bond donors (Lipinski definition) is 3. The topological polar surface area (TPSA) is 87.3 Å². The third-order valence-corrected chi connectivity index (χ3v) is 4.14. The Morgan fingerprint density at radius 1 is 0.857 bits per heavy atom. The Morgan fingerprint density at radius 3 is 2.14 bits per heavy atom. The van der Waals surface area contributed by atoms with Gasteiger partial charge in [0.2, 0.25) is 5.91 Å². The molecule has 0 radical (unpaired) electrons. The Balaban J connectivity index is 1.89. The molecule has 0 unspecified atom stereocenters. The van der Waals surface area contributed by atoms with E-state index in [1.807, 2.05) is 32.9 Å². The molecule has 2 aromatic rings. The first kappa shape index (κ1) is 21.2. The molecule has 148 valence electrons. The first-order valence-electron chi connectivity index (χ1n) is 9.39. The molecule has 0 spiro atoms. The molecule has 6 nitrogen and oxygen atoms in total. The Hall–Kier alpha value is -3.15. The average Bonchev–Trinajstić information content (AvgIpc) is 2.66. The molecule has 0 heterocycles. The van der Waals surface area contributed by atoms with Crippen LogP contribution in [0.3, 0.4) is 0 Å². The van der Waals surface area contributed by atoms with E-state index in [1.165, 1.54) is 0 Å². The summed E-state index contributed by atoms with van der Waals surface area (Å²) in [5, 5.41) is 8.35. The van der Waals surface area contributed by atoms with Crippen molar-refractivity contribution < 1.29 is 14.4 Å². The fourth-order valence-electron chi connectivity index (χ4n) is 2.61. The maximum atomic E-state index is 12.3. The highest BCUT2D eigenvalue weighted by molar-refractivity contribution is 6.04. The number of carbonyl (C=O) groups is 3. The van der Waals surface area contributed by atoms with Gasteiger partial charge in [-0.1, -0.05) is 44.2 Å². The van der Waals surface area contributed by atoms with E-state index >= 15 is 0 Å². The van der Waals surface area contributed by atoms with Crippen LogP contribution in [0.1, 0.15) is 46.5 Å². The van der Waals surface area contributed by atoms with Crippen LogP contribution in [0.25, 0.3) is 0 Å². The van der Waals surface area contributed by atoms with Crippen molar-refractivity contribution in [1.29, 1.82) is 0 Å². The molecule has 0 fully saturated rings. The summed E-state index contributed by atoms with van der Waals surface area (Å²) < 4.78 is 0. The second-order valence-corrected chi connectivity index (χ2v) is 7.02. The molecule has 0 aliphatic carbocycles. The average molecular weight is 381 g/mol. The fourth-order valence-corrected chi connectivity index (χ4v) is 2.61. The maximum Gasteiger partial charge on any atom is 0.253 e. The van der Waals surface area contributed by atoms with Crippen molar-refractivity contribution in [2.45, 2.75) is 27.2 Å². The number of anilines is 1. The number of hydrogen-bond acceptors (Lipinski definition) is 3. The van der Waals surface area contributed by atoms with E-state index in [9.17, 15) is 14.4 Å². The molecule has 0 bridgehead atoms. The van der Waals surface area contributed by atoms with E-state index in [0.29, 0.717) is 29.3 Å². The number of para-hydroxylation sites is 1. The van der Waals surface area contributed by atoms with E-state index in [2.05, 4.69) is 16.0 Å². The standard InChI is InChI=1S/C22H27N3O3/c1-15(2)14-24-22(28)18-10-6-7-11-19(18)25-20(26)12-13-23-21(27)17-9-5-4-8-16(17)3/h4-11,15H,12-14H2,1-3H3,(H,23,27)(H,24,28)(H,25,26). The second kappa shape index (κ2) is 10.3. The number of rotatable bonds is 8. The van der Waals surface area contributed by atoms with Crippen LogP contribution in [0.15, 0.2) is 48.5 Å². The molecule has 2 aromatic carbocycles. The molecular formula is C22H27N3O3. The zero-order chi connectivity index (χ0) is 20.5. The summed E-state index contributed by atoms with van der Waals surface area (Å²) in [4.78, 5) is 36.7. The van der Waals surface area contributed by atoms with Gasteiger partial charge in [-0.05, 0) is 36.6 Å². The zero-order valence-corrected chi connectivity index (χ0v) is 16.5. The molecule has 0 aromatic heterocycles. The Kier molecular flexibility index (Phi) is 7.75. The van der Waals surface area contributed by atoms with Crippen LogP contribution in [0.2, 0.25) is 0 Å². The van der Waals surface area contributed by atoms with Crippen LogP contribution >= 0.6 is 0 Å². The number of nitrogens with one attached hydrogen (secondary N) is 3. The van der Waals surface area contributed by atoms with Crippen LogP contribution in [-0.2, 0) is 4.79 Å². The molecule has 6 heteroatoms. The summed E-state index contributed by atoms with van der Waals surface area (Å²) in [7, 11) is 0. The third-order valence-electron chi connectivity index (χ3n) is 4.14. The van der Waals surface area contributed by atoms with Crippen LogP contribution in [0.5, 0.6) is 0 Å². The van der Waals surface area contributed by atoms with Gasteiger partial charge in [-0.15, -0.1) is 0 Å². The quantitative estimate of drug-likeness (QED) is 0.656. The minimum absolute atomic E-state index is 0.111. The minimum atomic E-state index is -0.269. The van der Waals surface area contributed by atoms with Gasteiger partial charge >= 0.3 is 0 Å². The maximum absolute atomic E-state index is 12.3. The highest BCUT2D eigenvalue weighted by Gasteiger charge is 2.14. The van der Waals surface area contributed by atoms with Gasteiger partial charge in [-0.3, -0.25) is 14.4 Å². The highest BCUT2D eigenvalue weighted by atomic mass is 16.2. The lowest BCUT2D eigenvalue weighted by atomic mass is 10.1. The Bertz CT molecular complexity index is 846. The molecule has 3 amide bonds. The van der Waals surface area contributed by atoms with Crippen molar-refractivity contribution in [3.63, 3.8) is 0 Å². The van der Waals surface area contributed by atoms with Gasteiger partial charge in [0, 0.05) is 25.1 Å². The predicted molar refractivity (Wildman–Crippen MR) is 110 cm³/mol. The molecule has 0 aliphatic rings. The van der Waals surface area contributed by atoms with Crippen LogP contribution in [-0.4, -0.2) is 30.8 Å². The molecule has 0 saturated heterocycles. The van der Waals surface area contributed by atoms with Gasteiger partial charge in [0.15, 0.2) is 0 Å². The lowest BCUT2D eigenvalue weighted by Crippen LogP contribution is -2.30. The number of aryl methyl sites for hydroxylation is 1. The largest absolute Gasteiger partial charge is 0.352 e. The van der Waals surface area contributed by atoms with Gasteiger partial charge in [0.25, 0.3) is 11.8 Å². The Morgan fingerprint density at radius 2 is 1.46 bits per heavy atom. The zero-order valence-electron chi connectivity index (χ0n) is 16.5. The van der Waals surface area contributed by atoms with Crippen molar-refractivity contribution in [2.24, 2.45) is 5.92 Å². The molecular weight excluding hydrogens is 354 g/mol. The predicted octanol–water partition coefficient (Wildman–Crippen LogP) is 3.14. The van der Waals surface area contributed by atoms with Crippen molar-refractivity contribution >= 4 is 23.4 Å². The summed E-state index contributed by atoms with van der Waals surface area (Å²) in [5.74, 6) is -0.367. The highest BCUT2D eigenvalue weighted by Crippen LogP contribution is 2.15. The smallest absolute Gasteiger partial charge is 0.253 e. The fraction of sp³-hybridized carbons (Fsp3) is 0.318. The van der Waals surface area contributed by atoms with Crippen molar-refractivity contribution in [3.8, 4) is 0 Å². The summed E-state index contributed by atoms with van der Waals surface area (Å²) in [6.45, 7) is 6.66. The van der Waals surface area contributed by atoms with Gasteiger partial charge < -0.3 is 16.0 Å². The molecule has 3 N–H and O–H groups in total. The van der Waals surface area contributed by atoms with Crippen molar-refractivity contribution in [1.82, 2.24) is 10.6 Å². The summed E-state index contributed by atoms with van der Waals surface area (Å²) >= 11 is 0. The Labute approximate surface area is 165 Å². The van der Waals surface area contributed by atoms with Crippen molar-refractivity contribution in [2.75, 3.05) is 18.4 Å². The third kappa shape index (κ3) is 6.23. The number of carbonyl (C=O) groups excluding carboxylic acids is 3. The minimum Gasteiger partial charge on any atom is -0.352 e. The van der Waals surface area contributed by atoms with Gasteiger partial charge in [0.1, 0.15) is 0 Å². The van der Waals surface area contributed by atoms with Gasteiger partial charge in [-0.2, -0.15) is 0 Å². The van der Waals surface area contributed by atoms with E-state index in [4.69, 9.17) is 0 Å².